The largest absolute Gasteiger partial charge is 0.375 e. The highest BCUT2D eigenvalue weighted by Gasteiger charge is 2.13. The van der Waals surface area contributed by atoms with Gasteiger partial charge in [0, 0.05) is 0 Å². The summed E-state index contributed by atoms with van der Waals surface area (Å²) in [4.78, 5) is 10.2. The molecule has 0 heterocycles. The fraction of sp³-hybridized carbons (Fsp3) is 0. The molecule has 0 amide bonds. The Morgan fingerprint density at radius 2 is 2.00 bits per heavy atom. The second-order valence-corrected chi connectivity index (χ2v) is 2.27. The topological polar surface area (TPSA) is 101 Å². The fourth-order valence-electron chi connectivity index (χ4n) is 0.115. The van der Waals surface area contributed by atoms with Crippen molar-refractivity contribution in [1.29, 1.82) is 0 Å². The SMILES string of the molecule is O=[N+]([O-])NS(=O)(=O)NF. The molecule has 0 fully saturated rings. The van der Waals surface area contributed by atoms with Crippen molar-refractivity contribution in [1.82, 2.24) is 9.78 Å². The van der Waals surface area contributed by atoms with E-state index in [0.29, 0.717) is 4.83 Å². The van der Waals surface area contributed by atoms with Crippen LogP contribution >= 0.6 is 0 Å². The zero-order valence-electron chi connectivity index (χ0n) is 3.87. The molecular weight excluding hydrogens is 157 g/mol. The highest BCUT2D eigenvalue weighted by molar-refractivity contribution is 7.87. The van der Waals surface area contributed by atoms with Gasteiger partial charge in [-0.3, -0.25) is 0 Å². The average Bonchev–Trinajstić information content (AvgIpc) is 1.63. The Morgan fingerprint density at radius 1 is 1.56 bits per heavy atom. The van der Waals surface area contributed by atoms with Crippen LogP contribution in [0.5, 0.6) is 0 Å². The molecule has 0 aromatic carbocycles. The van der Waals surface area contributed by atoms with E-state index in [-0.39, 0.29) is 4.94 Å². The third kappa shape index (κ3) is 3.61. The van der Waals surface area contributed by atoms with Gasteiger partial charge in [-0.1, -0.05) is 0 Å². The van der Waals surface area contributed by atoms with Crippen molar-refractivity contribution in [3.05, 3.63) is 10.1 Å². The zero-order valence-corrected chi connectivity index (χ0v) is 4.68. The summed E-state index contributed by atoms with van der Waals surface area (Å²) in [5, 5.41) is 7.88. The first-order valence-electron chi connectivity index (χ1n) is 1.52. The highest BCUT2D eigenvalue weighted by Crippen LogP contribution is 1.73. The van der Waals surface area contributed by atoms with Gasteiger partial charge < -0.3 is 0 Å². The van der Waals surface area contributed by atoms with E-state index < -0.39 is 15.2 Å². The predicted octanol–water partition coefficient (Wildman–Crippen LogP) is -1.51. The molecule has 0 unspecified atom stereocenters. The quantitative estimate of drug-likeness (QED) is 0.297. The van der Waals surface area contributed by atoms with E-state index in [4.69, 9.17) is 0 Å². The lowest BCUT2D eigenvalue weighted by Gasteiger charge is -1.91. The maximum atomic E-state index is 10.9. The number of hydrogen-bond acceptors (Lipinski definition) is 4. The molecule has 9 heavy (non-hydrogen) atoms. The van der Waals surface area contributed by atoms with Gasteiger partial charge >= 0.3 is 10.2 Å². The van der Waals surface area contributed by atoms with Gasteiger partial charge in [-0.15, -0.1) is 4.48 Å². The first kappa shape index (κ1) is 8.04. The molecule has 0 atom stereocenters. The van der Waals surface area contributed by atoms with Crippen LogP contribution in [0.1, 0.15) is 0 Å². The molecule has 9 heteroatoms. The Kier molecular flexibility index (Phi) is 2.28. The number of nitrogens with zero attached hydrogens (tertiary/aromatic N) is 1. The summed E-state index contributed by atoms with van der Waals surface area (Å²) in [6.07, 6.45) is 0. The van der Waals surface area contributed by atoms with Crippen LogP contribution in [-0.4, -0.2) is 13.5 Å². The lowest BCUT2D eigenvalue weighted by atomic mass is 12.7. The number of nitrogens with one attached hydrogen (secondary N) is 2. The molecular formula is H2FN3O4S. The Bertz CT molecular complexity index is 194. The lowest BCUT2D eigenvalue weighted by molar-refractivity contribution is -0.519. The van der Waals surface area contributed by atoms with Gasteiger partial charge in [0.15, 0.2) is 5.03 Å². The summed E-state index contributed by atoms with van der Waals surface area (Å²) < 4.78 is 30.5. The molecule has 7 nitrogen and oxygen atoms in total. The standard InChI is InChI=1S/FH2N3O4S/c1-2-9(7,8)3-4(5)6/h2-3H. The van der Waals surface area contributed by atoms with Crippen LogP contribution in [-0.2, 0) is 10.2 Å². The molecule has 0 aromatic heterocycles. The predicted molar refractivity (Wildman–Crippen MR) is 23.3 cm³/mol. The zero-order chi connectivity index (χ0) is 7.49. The molecule has 0 rings (SSSR count). The fourth-order valence-corrected chi connectivity index (χ4v) is 0.346. The van der Waals surface area contributed by atoms with E-state index in [2.05, 4.69) is 0 Å². The van der Waals surface area contributed by atoms with Gasteiger partial charge in [0.25, 0.3) is 0 Å². The van der Waals surface area contributed by atoms with Crippen molar-refractivity contribution in [3.63, 3.8) is 0 Å². The van der Waals surface area contributed by atoms with Gasteiger partial charge in [-0.2, -0.15) is 8.42 Å². The summed E-state index contributed by atoms with van der Waals surface area (Å²) in [5.74, 6) is 0. The van der Waals surface area contributed by atoms with Crippen LogP contribution in [0, 0.1) is 10.1 Å². The number of halogens is 1. The summed E-state index contributed by atoms with van der Waals surface area (Å²) in [6.45, 7) is 0. The molecule has 54 valence electrons. The summed E-state index contributed by atoms with van der Waals surface area (Å²) in [7, 11) is -4.58. The van der Waals surface area contributed by atoms with E-state index in [1.165, 1.54) is 0 Å². The number of hydrazine groups is 1. The smallest absolute Gasteiger partial charge is 0.234 e. The summed E-state index contributed by atoms with van der Waals surface area (Å²) in [5.41, 5.74) is 0. The Morgan fingerprint density at radius 3 is 2.11 bits per heavy atom. The number of nitro groups is 1. The molecule has 0 aliphatic carbocycles. The minimum absolute atomic E-state index is 0.192. The van der Waals surface area contributed by atoms with Crippen LogP contribution in [0.4, 0.5) is 4.48 Å². The maximum absolute atomic E-state index is 10.9. The van der Waals surface area contributed by atoms with Gasteiger partial charge in [-0.25, -0.2) is 10.1 Å². The molecule has 0 bridgehead atoms. The van der Waals surface area contributed by atoms with E-state index in [9.17, 15) is 23.0 Å². The van der Waals surface area contributed by atoms with Gasteiger partial charge in [0.1, 0.15) is 0 Å². The van der Waals surface area contributed by atoms with E-state index in [0.717, 1.165) is 0 Å². The molecule has 0 radical (unpaired) electrons. The third-order valence-corrected chi connectivity index (χ3v) is 0.889. The Labute approximate surface area is 49.1 Å². The van der Waals surface area contributed by atoms with Crippen molar-refractivity contribution < 1.29 is 17.9 Å². The van der Waals surface area contributed by atoms with E-state index in [1.54, 1.807) is 0 Å². The van der Waals surface area contributed by atoms with Crippen molar-refractivity contribution in [2.24, 2.45) is 0 Å². The van der Waals surface area contributed by atoms with Crippen LogP contribution < -0.4 is 9.78 Å². The molecule has 0 aliphatic rings. The van der Waals surface area contributed by atoms with Gasteiger partial charge in [0.05, 0.1) is 0 Å². The van der Waals surface area contributed by atoms with Crippen molar-refractivity contribution in [2.45, 2.75) is 0 Å². The molecule has 0 aromatic rings. The number of hydrogen-bond donors (Lipinski definition) is 2. The van der Waals surface area contributed by atoms with Crippen LogP contribution in [0.15, 0.2) is 0 Å². The normalized spacial score (nSPS) is 10.8. The monoisotopic (exact) mass is 159 g/mol. The maximum Gasteiger partial charge on any atom is 0.375 e. The van der Waals surface area contributed by atoms with Crippen LogP contribution in [0.2, 0.25) is 0 Å². The summed E-state index contributed by atoms with van der Waals surface area (Å²) >= 11 is 0. The summed E-state index contributed by atoms with van der Waals surface area (Å²) in [6, 6.07) is 0. The van der Waals surface area contributed by atoms with Crippen molar-refractivity contribution >= 4 is 10.2 Å². The lowest BCUT2D eigenvalue weighted by Crippen LogP contribution is -2.35. The first-order chi connectivity index (χ1) is 3.98. The van der Waals surface area contributed by atoms with E-state index in [1.807, 2.05) is 0 Å². The minimum Gasteiger partial charge on any atom is -0.234 e. The number of rotatable bonds is 3. The second kappa shape index (κ2) is 2.55. The second-order valence-electron chi connectivity index (χ2n) is 0.929. The van der Waals surface area contributed by atoms with Gasteiger partial charge in [0.2, 0.25) is 0 Å². The van der Waals surface area contributed by atoms with Crippen LogP contribution in [0.25, 0.3) is 0 Å². The third-order valence-electron chi connectivity index (χ3n) is 0.296. The Balaban J connectivity index is 4.06. The van der Waals surface area contributed by atoms with E-state index >= 15 is 0 Å². The highest BCUT2D eigenvalue weighted by atomic mass is 32.2. The molecule has 2 N–H and O–H groups in total. The first-order valence-corrected chi connectivity index (χ1v) is 3.00. The van der Waals surface area contributed by atoms with Crippen molar-refractivity contribution in [2.75, 3.05) is 0 Å². The van der Waals surface area contributed by atoms with Crippen molar-refractivity contribution in [3.8, 4) is 0 Å². The van der Waals surface area contributed by atoms with Crippen LogP contribution in [0.3, 0.4) is 0 Å². The molecule has 0 spiro atoms. The average molecular weight is 159 g/mol. The Hall–Kier alpha value is -0.960. The van der Waals surface area contributed by atoms with Gasteiger partial charge in [-0.05, 0) is 9.78 Å². The minimum atomic E-state index is -4.58. The molecule has 0 saturated heterocycles. The molecule has 0 aliphatic heterocycles. The molecule has 0 saturated carbocycles.